The van der Waals surface area contributed by atoms with Gasteiger partial charge in [0.2, 0.25) is 0 Å². The van der Waals surface area contributed by atoms with Crippen LogP contribution in [0.5, 0.6) is 23.0 Å². The third-order valence-corrected chi connectivity index (χ3v) is 10.8. The van der Waals surface area contributed by atoms with Gasteiger partial charge in [-0.25, -0.2) is 0 Å². The van der Waals surface area contributed by atoms with Gasteiger partial charge in [-0.3, -0.25) is 0 Å². The van der Waals surface area contributed by atoms with E-state index in [4.69, 9.17) is 9.47 Å². The van der Waals surface area contributed by atoms with E-state index in [-0.39, 0.29) is 11.5 Å². The highest BCUT2D eigenvalue weighted by molar-refractivity contribution is 5.88. The number of hydrogen-bond acceptors (Lipinski definition) is 5. The number of rotatable bonds is 15. The number of hydrogen-bond donors (Lipinski definition) is 2. The molecular weight excluding hydrogens is 789 g/mol. The van der Waals surface area contributed by atoms with Gasteiger partial charge in [-0.15, -0.1) is 13.2 Å². The molecule has 0 amide bonds. The van der Waals surface area contributed by atoms with Crippen molar-refractivity contribution in [2.45, 2.75) is 75.2 Å². The lowest BCUT2D eigenvalue weighted by molar-refractivity contribution is 0.248. The molecule has 2 N–H and O–H groups in total. The second kappa shape index (κ2) is 23.0. The molecule has 0 aliphatic heterocycles. The largest absolute Gasteiger partial charge is 0.505 e. The van der Waals surface area contributed by atoms with Crippen LogP contribution in [0, 0.1) is 34.6 Å². The van der Waals surface area contributed by atoms with Gasteiger partial charge >= 0.3 is 0 Å². The number of para-hydroxylation sites is 2. The highest BCUT2D eigenvalue weighted by atomic mass is 16.5. The Bertz CT molecular complexity index is 2720. The van der Waals surface area contributed by atoms with Crippen molar-refractivity contribution in [2.75, 3.05) is 24.7 Å². The van der Waals surface area contributed by atoms with Gasteiger partial charge in [-0.1, -0.05) is 97.8 Å². The van der Waals surface area contributed by atoms with Crippen LogP contribution in [0.2, 0.25) is 0 Å². The zero-order valence-corrected chi connectivity index (χ0v) is 39.3. The Morgan fingerprint density at radius 3 is 1.78 bits per heavy atom. The highest BCUT2D eigenvalue weighted by Gasteiger charge is 2.22. The zero-order valence-electron chi connectivity index (χ0n) is 39.3. The summed E-state index contributed by atoms with van der Waals surface area (Å²) < 4.78 is 15.0. The van der Waals surface area contributed by atoms with Crippen LogP contribution in [-0.2, 0) is 6.42 Å². The molecule has 1 heterocycles. The summed E-state index contributed by atoms with van der Waals surface area (Å²) in [5.74, 6) is 1.79. The third-order valence-electron chi connectivity index (χ3n) is 10.8. The first-order valence-corrected chi connectivity index (χ1v) is 22.4. The SMILES string of the molecule is C=CC.C=CCc1ccccc1N(C/C=C\C)c1cc(C)cc(-c2cc(C)ccc2OCCCOc2ccc(C)cc2-c2cc(C)cc(-n3cc(C)c4ccccc43)c2O)c1O.CC. The number of allylic oxidation sites excluding steroid dienone is 3. The fourth-order valence-electron chi connectivity index (χ4n) is 7.89. The van der Waals surface area contributed by atoms with Crippen LogP contribution in [0.25, 0.3) is 38.8 Å². The van der Waals surface area contributed by atoms with Crippen molar-refractivity contribution in [2.24, 2.45) is 0 Å². The van der Waals surface area contributed by atoms with Crippen molar-refractivity contribution >= 4 is 22.3 Å². The summed E-state index contributed by atoms with van der Waals surface area (Å²) in [4.78, 5) is 2.17. The van der Waals surface area contributed by atoms with E-state index in [1.165, 1.54) is 0 Å². The molecule has 0 saturated carbocycles. The van der Waals surface area contributed by atoms with Crippen molar-refractivity contribution in [3.63, 3.8) is 0 Å². The summed E-state index contributed by atoms with van der Waals surface area (Å²) in [6.07, 6.45) is 11.2. The van der Waals surface area contributed by atoms with E-state index in [9.17, 15) is 10.2 Å². The Balaban J connectivity index is 0.00000148. The molecule has 0 atom stereocenters. The topological polar surface area (TPSA) is 67.1 Å². The minimum absolute atomic E-state index is 0.196. The Morgan fingerprint density at radius 1 is 0.625 bits per heavy atom. The van der Waals surface area contributed by atoms with E-state index >= 15 is 0 Å². The average Bonchev–Trinajstić information content (AvgIpc) is 3.63. The molecule has 7 aromatic rings. The summed E-state index contributed by atoms with van der Waals surface area (Å²) in [6, 6.07) is 36.8. The van der Waals surface area contributed by atoms with Gasteiger partial charge in [-0.05, 0) is 138 Å². The van der Waals surface area contributed by atoms with E-state index < -0.39 is 0 Å². The molecule has 0 bridgehead atoms. The Labute approximate surface area is 382 Å². The summed E-state index contributed by atoms with van der Waals surface area (Å²) >= 11 is 0. The molecule has 6 aromatic carbocycles. The maximum Gasteiger partial charge on any atom is 0.147 e. The van der Waals surface area contributed by atoms with Gasteiger partial charge in [0.1, 0.15) is 23.0 Å². The predicted octanol–water partition coefficient (Wildman–Crippen LogP) is 15.4. The van der Waals surface area contributed by atoms with Crippen molar-refractivity contribution < 1.29 is 19.7 Å². The van der Waals surface area contributed by atoms with Crippen LogP contribution in [0.3, 0.4) is 0 Å². The van der Waals surface area contributed by atoms with E-state index in [1.807, 2.05) is 120 Å². The Hall–Kier alpha value is -6.92. The van der Waals surface area contributed by atoms with Crippen molar-refractivity contribution in [3.05, 3.63) is 186 Å². The predicted molar refractivity (Wildman–Crippen MR) is 273 cm³/mol. The van der Waals surface area contributed by atoms with Crippen LogP contribution < -0.4 is 14.4 Å². The summed E-state index contributed by atoms with van der Waals surface area (Å²) in [5, 5.41) is 25.1. The Morgan fingerprint density at radius 2 is 1.17 bits per heavy atom. The lowest BCUT2D eigenvalue weighted by Crippen LogP contribution is -2.19. The maximum absolute atomic E-state index is 12.1. The molecule has 0 radical (unpaired) electrons. The van der Waals surface area contributed by atoms with Gasteiger partial charge in [0.25, 0.3) is 0 Å². The number of phenols is 2. The van der Waals surface area contributed by atoms with E-state index in [0.717, 1.165) is 78.0 Å². The van der Waals surface area contributed by atoms with Crippen LogP contribution >= 0.6 is 0 Å². The highest BCUT2D eigenvalue weighted by Crippen LogP contribution is 2.46. The van der Waals surface area contributed by atoms with E-state index in [0.29, 0.717) is 49.7 Å². The van der Waals surface area contributed by atoms with Crippen molar-refractivity contribution in [3.8, 4) is 50.9 Å². The van der Waals surface area contributed by atoms with Gasteiger partial charge in [0, 0.05) is 52.5 Å². The molecule has 0 unspecified atom stereocenters. The summed E-state index contributed by atoms with van der Waals surface area (Å²) in [6.45, 7) is 26.9. The molecule has 332 valence electrons. The number of fused-ring (bicyclic) bond motifs is 1. The minimum atomic E-state index is 0.196. The first-order chi connectivity index (χ1) is 31.0. The van der Waals surface area contributed by atoms with Crippen LogP contribution in [0.1, 0.15) is 67.5 Å². The fraction of sp³-hybridized carbons (Fsp3) is 0.241. The summed E-state index contributed by atoms with van der Waals surface area (Å²) in [7, 11) is 0. The second-order valence-electron chi connectivity index (χ2n) is 15.8. The second-order valence-corrected chi connectivity index (χ2v) is 15.8. The first-order valence-electron chi connectivity index (χ1n) is 22.4. The molecule has 0 aliphatic rings. The molecule has 0 aliphatic carbocycles. The maximum atomic E-state index is 12.1. The Kier molecular flexibility index (Phi) is 17.3. The quantitative estimate of drug-likeness (QED) is 0.0794. The average molecular weight is 855 g/mol. The molecule has 1 aromatic heterocycles. The van der Waals surface area contributed by atoms with Crippen molar-refractivity contribution in [1.82, 2.24) is 4.57 Å². The van der Waals surface area contributed by atoms with Crippen LogP contribution in [-0.4, -0.2) is 34.5 Å². The standard InChI is InChI=1S/C53H54N2O4.C3H6.C2H6/c1-8-10-25-54(46-19-13-11-17-40(46)16-9-2)48-32-37(5)30-44(52(48)56)42-28-35(3)21-23-50(42)58-26-15-27-59-51-24-22-36(4)29-43(51)45-31-38(6)33-49(53(45)57)55-34-39(7)41-18-12-14-20-47(41)55;1-3-2;1-2/h8-14,17-24,28-34,56-57H,2,15-16,25-27H2,1,3-7H3;3H,1H2,2H3;1-2H3/b10-8-;;. The molecule has 0 spiro atoms. The number of aromatic nitrogens is 1. The number of nitrogens with zero attached hydrogens (tertiary/aromatic N) is 2. The monoisotopic (exact) mass is 855 g/mol. The number of aryl methyl sites for hydroxylation is 5. The zero-order chi connectivity index (χ0) is 46.3. The van der Waals surface area contributed by atoms with Crippen LogP contribution in [0.15, 0.2) is 153 Å². The molecule has 64 heavy (non-hydrogen) atoms. The molecule has 7 rings (SSSR count). The number of benzene rings is 6. The van der Waals surface area contributed by atoms with E-state index in [2.05, 4.69) is 99.0 Å². The van der Waals surface area contributed by atoms with Gasteiger partial charge in [0.15, 0.2) is 0 Å². The minimum Gasteiger partial charge on any atom is -0.505 e. The third kappa shape index (κ3) is 11.2. The molecule has 0 fully saturated rings. The smallest absolute Gasteiger partial charge is 0.147 e. The molecule has 0 saturated heterocycles. The summed E-state index contributed by atoms with van der Waals surface area (Å²) in [5.41, 5.74) is 13.1. The number of phenolic OH excluding ortho intramolecular Hbond substituents is 2. The normalized spacial score (nSPS) is 10.8. The number of anilines is 2. The molecular formula is C58H66N2O4. The van der Waals surface area contributed by atoms with Crippen molar-refractivity contribution in [1.29, 1.82) is 0 Å². The van der Waals surface area contributed by atoms with Gasteiger partial charge in [0.05, 0.1) is 30.1 Å². The lowest BCUT2D eigenvalue weighted by Gasteiger charge is -2.28. The number of ether oxygens (including phenoxy) is 2. The molecule has 6 nitrogen and oxygen atoms in total. The fourth-order valence-corrected chi connectivity index (χ4v) is 7.89. The first kappa shape index (κ1) is 48.1. The lowest BCUT2D eigenvalue weighted by atomic mass is 9.97. The van der Waals surface area contributed by atoms with Gasteiger partial charge in [-0.2, -0.15) is 0 Å². The van der Waals surface area contributed by atoms with E-state index in [1.54, 1.807) is 6.08 Å². The van der Waals surface area contributed by atoms with Crippen LogP contribution in [0.4, 0.5) is 11.4 Å². The number of aromatic hydroxyl groups is 2. The molecule has 6 heteroatoms. The van der Waals surface area contributed by atoms with Gasteiger partial charge < -0.3 is 29.2 Å².